The molecule has 0 fully saturated rings. The summed E-state index contributed by atoms with van der Waals surface area (Å²) in [6, 6.07) is 6.00. The highest BCUT2D eigenvalue weighted by atomic mass is 16.6. The SMILES string of the molecule is CC(C)(C)NC(=O)COC(=O)/C=C/c1ccccc1[N+](=O)[O-]. The predicted molar refractivity (Wildman–Crippen MR) is 81.0 cm³/mol. The minimum absolute atomic E-state index is 0.114. The Morgan fingerprint density at radius 3 is 2.55 bits per heavy atom. The van der Waals surface area contributed by atoms with Gasteiger partial charge in [0.1, 0.15) is 0 Å². The van der Waals surface area contributed by atoms with Crippen LogP contribution in [0.5, 0.6) is 0 Å². The third-order valence-electron chi connectivity index (χ3n) is 2.39. The van der Waals surface area contributed by atoms with Gasteiger partial charge in [-0.05, 0) is 32.9 Å². The van der Waals surface area contributed by atoms with E-state index in [1.54, 1.807) is 26.8 Å². The van der Waals surface area contributed by atoms with Crippen molar-refractivity contribution in [2.75, 3.05) is 6.61 Å². The molecule has 1 amide bonds. The number of carbonyl (C=O) groups excluding carboxylic acids is 2. The first-order valence-corrected chi connectivity index (χ1v) is 6.58. The van der Waals surface area contributed by atoms with Gasteiger partial charge in [-0.3, -0.25) is 14.9 Å². The van der Waals surface area contributed by atoms with E-state index < -0.39 is 28.9 Å². The first-order valence-electron chi connectivity index (χ1n) is 6.58. The number of nitrogens with zero attached hydrogens (tertiary/aromatic N) is 1. The zero-order valence-corrected chi connectivity index (χ0v) is 12.7. The fourth-order valence-electron chi connectivity index (χ4n) is 1.59. The van der Waals surface area contributed by atoms with Crippen LogP contribution in [0.25, 0.3) is 6.08 Å². The molecule has 7 heteroatoms. The predicted octanol–water partition coefficient (Wildman–Crippen LogP) is 2.07. The van der Waals surface area contributed by atoms with Crippen LogP contribution < -0.4 is 5.32 Å². The average molecular weight is 306 g/mol. The molecule has 0 aliphatic heterocycles. The Balaban J connectivity index is 2.59. The Morgan fingerprint density at radius 1 is 1.32 bits per heavy atom. The number of nitrogens with one attached hydrogen (secondary N) is 1. The Labute approximate surface area is 128 Å². The van der Waals surface area contributed by atoms with Gasteiger partial charge < -0.3 is 10.1 Å². The molecule has 118 valence electrons. The zero-order valence-electron chi connectivity index (χ0n) is 12.7. The fourth-order valence-corrected chi connectivity index (χ4v) is 1.59. The van der Waals surface area contributed by atoms with Crippen LogP contribution in [-0.2, 0) is 14.3 Å². The monoisotopic (exact) mass is 306 g/mol. The molecule has 0 saturated carbocycles. The smallest absolute Gasteiger partial charge is 0.331 e. The second kappa shape index (κ2) is 7.35. The number of carbonyl (C=O) groups is 2. The van der Waals surface area contributed by atoms with Crippen molar-refractivity contribution in [3.8, 4) is 0 Å². The number of para-hydroxylation sites is 1. The van der Waals surface area contributed by atoms with E-state index in [9.17, 15) is 19.7 Å². The Hall–Kier alpha value is -2.70. The molecule has 7 nitrogen and oxygen atoms in total. The van der Waals surface area contributed by atoms with Crippen molar-refractivity contribution in [1.82, 2.24) is 5.32 Å². The lowest BCUT2D eigenvalue weighted by atomic mass is 10.1. The molecule has 1 aromatic carbocycles. The van der Waals surface area contributed by atoms with Crippen LogP contribution in [0.1, 0.15) is 26.3 Å². The molecule has 0 aliphatic rings. The van der Waals surface area contributed by atoms with Crippen molar-refractivity contribution in [3.05, 3.63) is 46.0 Å². The van der Waals surface area contributed by atoms with Crippen LogP contribution in [0, 0.1) is 10.1 Å². The van der Waals surface area contributed by atoms with Gasteiger partial charge in [-0.15, -0.1) is 0 Å². The summed E-state index contributed by atoms with van der Waals surface area (Å²) in [4.78, 5) is 33.3. The summed E-state index contributed by atoms with van der Waals surface area (Å²) in [5.41, 5.74) is -0.245. The van der Waals surface area contributed by atoms with Gasteiger partial charge in [0.2, 0.25) is 0 Å². The van der Waals surface area contributed by atoms with Crippen molar-refractivity contribution in [2.45, 2.75) is 26.3 Å². The summed E-state index contributed by atoms with van der Waals surface area (Å²) in [6.45, 7) is 5.01. The van der Waals surface area contributed by atoms with E-state index in [1.165, 1.54) is 24.3 Å². The molecule has 0 spiro atoms. The van der Waals surface area contributed by atoms with Crippen LogP contribution in [0.15, 0.2) is 30.3 Å². The van der Waals surface area contributed by atoms with E-state index in [2.05, 4.69) is 5.32 Å². The number of nitro benzene ring substituents is 1. The summed E-state index contributed by atoms with van der Waals surface area (Å²) in [5.74, 6) is -1.16. The molecular formula is C15H18N2O5. The van der Waals surface area contributed by atoms with Gasteiger partial charge in [-0.2, -0.15) is 0 Å². The van der Waals surface area contributed by atoms with Gasteiger partial charge in [0.05, 0.1) is 10.5 Å². The first-order chi connectivity index (χ1) is 10.2. The lowest BCUT2D eigenvalue weighted by Crippen LogP contribution is -2.42. The van der Waals surface area contributed by atoms with Crippen LogP contribution in [0.3, 0.4) is 0 Å². The van der Waals surface area contributed by atoms with Gasteiger partial charge in [-0.1, -0.05) is 12.1 Å². The van der Waals surface area contributed by atoms with Gasteiger partial charge in [0.15, 0.2) is 6.61 Å². The second-order valence-corrected chi connectivity index (χ2v) is 5.56. The van der Waals surface area contributed by atoms with Crippen molar-refractivity contribution in [1.29, 1.82) is 0 Å². The highest BCUT2D eigenvalue weighted by molar-refractivity contribution is 5.90. The lowest BCUT2D eigenvalue weighted by Gasteiger charge is -2.20. The van der Waals surface area contributed by atoms with Gasteiger partial charge in [-0.25, -0.2) is 4.79 Å². The third kappa shape index (κ3) is 6.17. The molecule has 1 rings (SSSR count). The van der Waals surface area contributed by atoms with Crippen molar-refractivity contribution < 1.29 is 19.2 Å². The minimum atomic E-state index is -0.748. The minimum Gasteiger partial charge on any atom is -0.452 e. The molecule has 0 atom stereocenters. The summed E-state index contributed by atoms with van der Waals surface area (Å²) < 4.78 is 4.76. The number of benzene rings is 1. The number of amides is 1. The maximum Gasteiger partial charge on any atom is 0.331 e. The van der Waals surface area contributed by atoms with E-state index in [-0.39, 0.29) is 11.3 Å². The molecule has 1 aromatic rings. The Bertz CT molecular complexity index is 602. The van der Waals surface area contributed by atoms with Gasteiger partial charge in [0, 0.05) is 17.7 Å². The molecule has 0 aromatic heterocycles. The molecule has 1 N–H and O–H groups in total. The van der Waals surface area contributed by atoms with E-state index in [0.717, 1.165) is 6.08 Å². The second-order valence-electron chi connectivity index (χ2n) is 5.56. The molecule has 22 heavy (non-hydrogen) atoms. The molecule has 0 heterocycles. The van der Waals surface area contributed by atoms with Gasteiger partial charge in [0.25, 0.3) is 11.6 Å². The molecular weight excluding hydrogens is 288 g/mol. The lowest BCUT2D eigenvalue weighted by molar-refractivity contribution is -0.385. The highest BCUT2D eigenvalue weighted by Gasteiger charge is 2.15. The number of hydrogen-bond donors (Lipinski definition) is 1. The van der Waals surface area contributed by atoms with Gasteiger partial charge >= 0.3 is 5.97 Å². The summed E-state index contributed by atoms with van der Waals surface area (Å²) in [5, 5.41) is 13.5. The number of esters is 1. The van der Waals surface area contributed by atoms with Crippen molar-refractivity contribution in [3.63, 3.8) is 0 Å². The maximum atomic E-state index is 11.5. The molecule has 0 aliphatic carbocycles. The molecule has 0 unspecified atom stereocenters. The largest absolute Gasteiger partial charge is 0.452 e. The standard InChI is InChI=1S/C15H18N2O5/c1-15(2,3)16-13(18)10-22-14(19)9-8-11-6-4-5-7-12(11)17(20)21/h4-9H,10H2,1-3H3,(H,16,18)/b9-8+. The quantitative estimate of drug-likeness (QED) is 0.388. The molecule has 0 radical (unpaired) electrons. The number of rotatable bonds is 5. The number of nitro groups is 1. The Kier molecular flexibility index (Phi) is 5.80. The van der Waals surface area contributed by atoms with E-state index in [0.29, 0.717) is 0 Å². The summed E-state index contributed by atoms with van der Waals surface area (Å²) in [6.07, 6.45) is 2.33. The number of hydrogen-bond acceptors (Lipinski definition) is 5. The Morgan fingerprint density at radius 2 is 1.95 bits per heavy atom. The first kappa shape index (κ1) is 17.4. The number of ether oxygens (including phenoxy) is 1. The summed E-state index contributed by atoms with van der Waals surface area (Å²) >= 11 is 0. The highest BCUT2D eigenvalue weighted by Crippen LogP contribution is 2.18. The van der Waals surface area contributed by atoms with Crippen LogP contribution in [-0.4, -0.2) is 28.9 Å². The summed E-state index contributed by atoms with van der Waals surface area (Å²) in [7, 11) is 0. The van der Waals surface area contributed by atoms with E-state index >= 15 is 0 Å². The third-order valence-corrected chi connectivity index (χ3v) is 2.39. The van der Waals surface area contributed by atoms with E-state index in [4.69, 9.17) is 4.74 Å². The van der Waals surface area contributed by atoms with Crippen molar-refractivity contribution >= 4 is 23.6 Å². The van der Waals surface area contributed by atoms with Crippen LogP contribution >= 0.6 is 0 Å². The van der Waals surface area contributed by atoms with Crippen LogP contribution in [0.2, 0.25) is 0 Å². The van der Waals surface area contributed by atoms with E-state index in [1.807, 2.05) is 0 Å². The van der Waals surface area contributed by atoms with Crippen LogP contribution in [0.4, 0.5) is 5.69 Å². The topological polar surface area (TPSA) is 98.5 Å². The normalized spacial score (nSPS) is 11.2. The zero-order chi connectivity index (χ0) is 16.8. The van der Waals surface area contributed by atoms with Crippen molar-refractivity contribution in [2.24, 2.45) is 0 Å². The average Bonchev–Trinajstić information content (AvgIpc) is 2.41. The molecule has 0 bridgehead atoms. The molecule has 0 saturated heterocycles. The maximum absolute atomic E-state index is 11.5. The fraction of sp³-hybridized carbons (Fsp3) is 0.333.